The summed E-state index contributed by atoms with van der Waals surface area (Å²) >= 11 is 11.4. The van der Waals surface area contributed by atoms with Crippen molar-refractivity contribution in [3.63, 3.8) is 0 Å². The van der Waals surface area contributed by atoms with Gasteiger partial charge < -0.3 is 14.0 Å². The zero-order valence-corrected chi connectivity index (χ0v) is 23.3. The number of benzene rings is 4. The number of ether oxygens (including phenoxy) is 2. The van der Waals surface area contributed by atoms with Crippen molar-refractivity contribution in [3.05, 3.63) is 119 Å². The summed E-state index contributed by atoms with van der Waals surface area (Å²) in [7, 11) is 1.86. The van der Waals surface area contributed by atoms with E-state index in [1.165, 1.54) is 4.90 Å². The lowest BCUT2D eigenvalue weighted by Crippen LogP contribution is -2.54. The molecule has 0 aliphatic carbocycles. The number of aromatic nitrogens is 1. The van der Waals surface area contributed by atoms with E-state index in [2.05, 4.69) is 5.32 Å². The number of nitrogens with zero attached hydrogens (tertiary/aromatic N) is 2. The number of aryl methyl sites for hydroxylation is 1. The Morgan fingerprint density at radius 1 is 0.780 bits per heavy atom. The van der Waals surface area contributed by atoms with Crippen molar-refractivity contribution in [1.29, 1.82) is 0 Å². The second-order valence-corrected chi connectivity index (χ2v) is 10.0. The molecule has 7 nitrogen and oxygen atoms in total. The molecular formula is C32H22ClN3O4S. The number of rotatable bonds is 6. The van der Waals surface area contributed by atoms with Crippen LogP contribution in [0.4, 0.5) is 5.69 Å². The van der Waals surface area contributed by atoms with E-state index in [9.17, 15) is 9.59 Å². The van der Waals surface area contributed by atoms with Crippen LogP contribution in [0.25, 0.3) is 17.0 Å². The van der Waals surface area contributed by atoms with Gasteiger partial charge in [0.15, 0.2) is 5.11 Å². The molecule has 202 valence electrons. The standard InChI is InChI=1S/C32H22ClN3O4S/c1-35-28-10-6-5-9-25(28)26(31(35)40-24-15-11-20(33)12-16-24)19-27-29(37)34-32(41)36(30(27)38)21-13-17-23(18-14-21)39-22-7-3-2-4-8-22/h2-19H,1H3,(H,34,37,41). The molecule has 1 saturated heterocycles. The van der Waals surface area contributed by atoms with Crippen molar-refractivity contribution < 1.29 is 19.1 Å². The summed E-state index contributed by atoms with van der Waals surface area (Å²) in [6, 6.07) is 30.9. The van der Waals surface area contributed by atoms with Crippen LogP contribution in [0.2, 0.25) is 5.02 Å². The second kappa shape index (κ2) is 10.9. The number of thiocarbonyl (C=S) groups is 1. The first-order valence-corrected chi connectivity index (χ1v) is 13.4. The molecule has 1 aliphatic rings. The first kappa shape index (κ1) is 26.3. The van der Waals surface area contributed by atoms with E-state index in [1.54, 1.807) is 54.6 Å². The van der Waals surface area contributed by atoms with E-state index in [0.717, 1.165) is 10.9 Å². The Hall–Kier alpha value is -4.92. The van der Waals surface area contributed by atoms with E-state index in [1.807, 2.05) is 66.2 Å². The molecule has 0 spiro atoms. The van der Waals surface area contributed by atoms with Gasteiger partial charge in [0.25, 0.3) is 11.8 Å². The maximum absolute atomic E-state index is 13.8. The number of hydrogen-bond acceptors (Lipinski definition) is 5. The lowest BCUT2D eigenvalue weighted by Gasteiger charge is -2.29. The van der Waals surface area contributed by atoms with Crippen molar-refractivity contribution >= 4 is 63.4 Å². The average molecular weight is 580 g/mol. The van der Waals surface area contributed by atoms with Crippen LogP contribution in [0.15, 0.2) is 109 Å². The molecule has 2 heterocycles. The number of amides is 2. The third-order valence-electron chi connectivity index (χ3n) is 6.58. The highest BCUT2D eigenvalue weighted by Crippen LogP contribution is 2.37. The van der Waals surface area contributed by atoms with Crippen molar-refractivity contribution in [1.82, 2.24) is 9.88 Å². The van der Waals surface area contributed by atoms with Gasteiger partial charge >= 0.3 is 0 Å². The first-order valence-electron chi connectivity index (χ1n) is 12.6. The Morgan fingerprint density at radius 3 is 2.12 bits per heavy atom. The minimum atomic E-state index is -0.592. The minimum absolute atomic E-state index is 0.00978. The molecule has 4 aromatic carbocycles. The molecule has 0 bridgehead atoms. The number of halogens is 1. The molecule has 0 unspecified atom stereocenters. The van der Waals surface area contributed by atoms with Crippen molar-refractivity contribution in [2.24, 2.45) is 7.05 Å². The van der Waals surface area contributed by atoms with Crippen LogP contribution in [-0.4, -0.2) is 21.5 Å². The molecule has 41 heavy (non-hydrogen) atoms. The van der Waals surface area contributed by atoms with Gasteiger partial charge in [-0.1, -0.05) is 48.0 Å². The number of carbonyl (C=O) groups excluding carboxylic acids is 2. The van der Waals surface area contributed by atoms with Gasteiger partial charge in [-0.2, -0.15) is 0 Å². The Kier molecular flexibility index (Phi) is 7.01. The van der Waals surface area contributed by atoms with Crippen LogP contribution in [0.1, 0.15) is 5.56 Å². The quantitative estimate of drug-likeness (QED) is 0.130. The van der Waals surface area contributed by atoms with Crippen LogP contribution in [0, 0.1) is 0 Å². The number of nitrogens with one attached hydrogen (secondary N) is 1. The molecule has 9 heteroatoms. The fraction of sp³-hybridized carbons (Fsp3) is 0.0312. The van der Waals surface area contributed by atoms with E-state index in [4.69, 9.17) is 33.3 Å². The minimum Gasteiger partial charge on any atom is -0.457 e. The average Bonchev–Trinajstić information content (AvgIpc) is 3.24. The monoisotopic (exact) mass is 579 g/mol. The van der Waals surface area contributed by atoms with Crippen LogP contribution in [-0.2, 0) is 16.6 Å². The maximum Gasteiger partial charge on any atom is 0.270 e. The van der Waals surface area contributed by atoms with Gasteiger partial charge in [-0.15, -0.1) is 0 Å². The van der Waals surface area contributed by atoms with Crippen LogP contribution >= 0.6 is 23.8 Å². The lowest BCUT2D eigenvalue weighted by atomic mass is 10.1. The maximum atomic E-state index is 13.8. The summed E-state index contributed by atoms with van der Waals surface area (Å²) in [6.07, 6.45) is 1.55. The number of carbonyl (C=O) groups is 2. The summed E-state index contributed by atoms with van der Waals surface area (Å²) in [5.41, 5.74) is 1.85. The largest absolute Gasteiger partial charge is 0.457 e. The van der Waals surface area contributed by atoms with E-state index in [-0.39, 0.29) is 10.7 Å². The zero-order valence-electron chi connectivity index (χ0n) is 21.7. The normalized spacial score (nSPS) is 14.4. The van der Waals surface area contributed by atoms with E-state index >= 15 is 0 Å². The Labute approximate surface area is 246 Å². The molecule has 0 atom stereocenters. The SMILES string of the molecule is Cn1c(Oc2ccc(Cl)cc2)c(C=C2C(=O)NC(=S)N(c3ccc(Oc4ccccc4)cc3)C2=O)c2ccccc21. The van der Waals surface area contributed by atoms with Crippen LogP contribution in [0.3, 0.4) is 0 Å². The fourth-order valence-electron chi connectivity index (χ4n) is 4.60. The molecule has 1 N–H and O–H groups in total. The second-order valence-electron chi connectivity index (χ2n) is 9.22. The topological polar surface area (TPSA) is 72.8 Å². The summed E-state index contributed by atoms with van der Waals surface area (Å²) in [4.78, 5) is 28.2. The molecule has 5 aromatic rings. The predicted molar refractivity (Wildman–Crippen MR) is 164 cm³/mol. The predicted octanol–water partition coefficient (Wildman–Crippen LogP) is 7.25. The van der Waals surface area contributed by atoms with Gasteiger partial charge in [0.05, 0.1) is 11.2 Å². The molecule has 2 amide bonds. The van der Waals surface area contributed by atoms with Gasteiger partial charge in [-0.25, -0.2) is 0 Å². The van der Waals surface area contributed by atoms with E-state index in [0.29, 0.717) is 39.4 Å². The van der Waals surface area contributed by atoms with Crippen molar-refractivity contribution in [2.75, 3.05) is 4.90 Å². The van der Waals surface area contributed by atoms with Gasteiger partial charge in [-0.3, -0.25) is 19.8 Å². The summed E-state index contributed by atoms with van der Waals surface area (Å²) in [6.45, 7) is 0. The number of fused-ring (bicyclic) bond motifs is 1. The smallest absolute Gasteiger partial charge is 0.270 e. The van der Waals surface area contributed by atoms with Gasteiger partial charge in [-0.05, 0) is 85.0 Å². The van der Waals surface area contributed by atoms with Gasteiger partial charge in [0, 0.05) is 23.0 Å². The Bertz CT molecular complexity index is 1830. The number of hydrogen-bond donors (Lipinski definition) is 1. The molecule has 1 aliphatic heterocycles. The molecular weight excluding hydrogens is 558 g/mol. The molecule has 1 fully saturated rings. The lowest BCUT2D eigenvalue weighted by molar-refractivity contribution is -0.122. The third kappa shape index (κ3) is 5.18. The highest BCUT2D eigenvalue weighted by atomic mass is 35.5. The first-order chi connectivity index (χ1) is 19.9. The van der Waals surface area contributed by atoms with Crippen molar-refractivity contribution in [2.45, 2.75) is 0 Å². The van der Waals surface area contributed by atoms with E-state index < -0.39 is 11.8 Å². The van der Waals surface area contributed by atoms with Crippen LogP contribution in [0.5, 0.6) is 23.1 Å². The Balaban J connectivity index is 1.37. The Morgan fingerprint density at radius 2 is 1.39 bits per heavy atom. The third-order valence-corrected chi connectivity index (χ3v) is 7.12. The molecule has 0 radical (unpaired) electrons. The number of anilines is 1. The summed E-state index contributed by atoms with van der Waals surface area (Å²) in [5.74, 6) is 1.15. The highest BCUT2D eigenvalue weighted by Gasteiger charge is 2.35. The van der Waals surface area contributed by atoms with Gasteiger partial charge in [0.1, 0.15) is 22.8 Å². The molecule has 6 rings (SSSR count). The zero-order chi connectivity index (χ0) is 28.5. The summed E-state index contributed by atoms with van der Waals surface area (Å²) in [5, 5.41) is 4.03. The fourth-order valence-corrected chi connectivity index (χ4v) is 5.01. The molecule has 1 aromatic heterocycles. The molecule has 0 saturated carbocycles. The summed E-state index contributed by atoms with van der Waals surface area (Å²) < 4.78 is 14.0. The van der Waals surface area contributed by atoms with Crippen LogP contribution < -0.4 is 19.7 Å². The number of para-hydroxylation sites is 2. The van der Waals surface area contributed by atoms with Crippen molar-refractivity contribution in [3.8, 4) is 23.1 Å². The highest BCUT2D eigenvalue weighted by molar-refractivity contribution is 7.80. The van der Waals surface area contributed by atoms with Gasteiger partial charge in [0.2, 0.25) is 5.88 Å².